The SMILES string of the molecule is CC(C)=CCC/C(C)=C/CN1C(=O)[C@@]2(O[C@@H](CC(=O)N3CCC[C@H]3CO)[C@H]([Si](C)(C)O)[C@H]2C)c2cc([N+](=O)[O-])ccc21. The number of rotatable bonds is 10. The number of nitro benzene ring substituents is 1. The maximum atomic E-state index is 14.5. The summed E-state index contributed by atoms with van der Waals surface area (Å²) in [5, 5.41) is 21.6. The number of nitro groups is 1. The van der Waals surface area contributed by atoms with Gasteiger partial charge < -0.3 is 24.4 Å². The van der Waals surface area contributed by atoms with Crippen LogP contribution in [0.25, 0.3) is 0 Å². The third-order valence-corrected chi connectivity index (χ3v) is 11.7. The average molecular weight is 600 g/mol. The topological polar surface area (TPSA) is 133 Å². The number of allylic oxidation sites excluding steroid dienone is 3. The van der Waals surface area contributed by atoms with E-state index < -0.39 is 36.4 Å². The molecule has 10 nitrogen and oxygen atoms in total. The zero-order valence-corrected chi connectivity index (χ0v) is 26.6. The number of aliphatic hydroxyl groups is 1. The maximum Gasteiger partial charge on any atom is 0.269 e. The zero-order valence-electron chi connectivity index (χ0n) is 25.6. The molecule has 42 heavy (non-hydrogen) atoms. The number of carbonyl (C=O) groups excluding carboxylic acids is 2. The molecule has 0 unspecified atom stereocenters. The van der Waals surface area contributed by atoms with Crippen LogP contribution < -0.4 is 4.90 Å². The lowest BCUT2D eigenvalue weighted by atomic mass is 9.82. The van der Waals surface area contributed by atoms with Crippen molar-refractivity contribution in [2.75, 3.05) is 24.6 Å². The molecule has 2 N–H and O–H groups in total. The molecule has 1 spiro atoms. The first-order chi connectivity index (χ1) is 19.7. The van der Waals surface area contributed by atoms with E-state index in [0.717, 1.165) is 31.3 Å². The quantitative estimate of drug-likeness (QED) is 0.171. The van der Waals surface area contributed by atoms with Gasteiger partial charge in [-0.2, -0.15) is 0 Å². The number of likely N-dealkylation sites (tertiary alicyclic amines) is 1. The number of hydrogen-bond donors (Lipinski definition) is 2. The van der Waals surface area contributed by atoms with Crippen LogP contribution in [0.4, 0.5) is 11.4 Å². The first kappa shape index (κ1) is 32.1. The summed E-state index contributed by atoms with van der Waals surface area (Å²) in [6.45, 7) is 12.3. The second-order valence-electron chi connectivity index (χ2n) is 12.9. The Labute approximate surface area is 249 Å². The summed E-state index contributed by atoms with van der Waals surface area (Å²) in [5.74, 6) is -1.04. The van der Waals surface area contributed by atoms with Gasteiger partial charge in [0.25, 0.3) is 11.6 Å². The van der Waals surface area contributed by atoms with Gasteiger partial charge in [0.05, 0.1) is 35.8 Å². The number of amides is 2. The van der Waals surface area contributed by atoms with Gasteiger partial charge >= 0.3 is 0 Å². The van der Waals surface area contributed by atoms with Gasteiger partial charge in [-0.25, -0.2) is 0 Å². The molecule has 3 heterocycles. The highest BCUT2D eigenvalue weighted by atomic mass is 28.4. The van der Waals surface area contributed by atoms with Crippen LogP contribution in [-0.4, -0.2) is 71.7 Å². The first-order valence-electron chi connectivity index (χ1n) is 14.9. The van der Waals surface area contributed by atoms with Gasteiger partial charge in [-0.15, -0.1) is 0 Å². The van der Waals surface area contributed by atoms with Crippen molar-refractivity contribution >= 4 is 31.5 Å². The van der Waals surface area contributed by atoms with Gasteiger partial charge in [0.15, 0.2) is 13.9 Å². The molecular weight excluding hydrogens is 554 g/mol. The summed E-state index contributed by atoms with van der Waals surface area (Å²) in [7, 11) is -3.01. The summed E-state index contributed by atoms with van der Waals surface area (Å²) in [4.78, 5) is 54.0. The van der Waals surface area contributed by atoms with Crippen molar-refractivity contribution in [2.45, 2.75) is 96.2 Å². The summed E-state index contributed by atoms with van der Waals surface area (Å²) >= 11 is 0. The highest BCUT2D eigenvalue weighted by Crippen LogP contribution is 2.60. The Morgan fingerprint density at radius 3 is 2.60 bits per heavy atom. The van der Waals surface area contributed by atoms with E-state index in [1.54, 1.807) is 29.0 Å². The summed E-state index contributed by atoms with van der Waals surface area (Å²) in [6, 6.07) is 4.18. The molecule has 0 saturated carbocycles. The van der Waals surface area contributed by atoms with Crippen molar-refractivity contribution in [2.24, 2.45) is 5.92 Å². The Morgan fingerprint density at radius 2 is 1.98 bits per heavy atom. The Balaban J connectivity index is 1.73. The minimum absolute atomic E-state index is 0.0365. The molecule has 0 bridgehead atoms. The molecule has 230 valence electrons. The molecule has 2 amide bonds. The molecule has 0 radical (unpaired) electrons. The van der Waals surface area contributed by atoms with Crippen LogP contribution in [0.3, 0.4) is 0 Å². The highest BCUT2D eigenvalue weighted by Gasteiger charge is 2.66. The Hall–Kier alpha value is -2.86. The molecule has 1 aromatic carbocycles. The van der Waals surface area contributed by atoms with Crippen molar-refractivity contribution in [3.8, 4) is 0 Å². The van der Waals surface area contributed by atoms with E-state index in [1.165, 1.54) is 17.7 Å². The predicted molar refractivity (Wildman–Crippen MR) is 163 cm³/mol. The van der Waals surface area contributed by atoms with Crippen molar-refractivity contribution in [3.63, 3.8) is 0 Å². The lowest BCUT2D eigenvalue weighted by Crippen LogP contribution is -2.46. The van der Waals surface area contributed by atoms with E-state index in [0.29, 0.717) is 17.8 Å². The smallest absolute Gasteiger partial charge is 0.269 e. The van der Waals surface area contributed by atoms with Gasteiger partial charge in [-0.3, -0.25) is 19.7 Å². The first-order valence-corrected chi connectivity index (χ1v) is 17.9. The summed E-state index contributed by atoms with van der Waals surface area (Å²) < 4.78 is 6.68. The third-order valence-electron chi connectivity index (χ3n) is 9.18. The number of benzene rings is 1. The van der Waals surface area contributed by atoms with Gasteiger partial charge in [-0.1, -0.05) is 30.2 Å². The molecule has 2 fully saturated rings. The summed E-state index contributed by atoms with van der Waals surface area (Å²) in [6.07, 6.45) is 6.66. The summed E-state index contributed by atoms with van der Waals surface area (Å²) in [5.41, 5.74) is 1.15. The Kier molecular flexibility index (Phi) is 9.46. The molecule has 11 heteroatoms. The lowest BCUT2D eigenvalue weighted by Gasteiger charge is -2.32. The monoisotopic (exact) mass is 599 g/mol. The fraction of sp³-hybridized carbons (Fsp3) is 0.613. The second kappa shape index (κ2) is 12.4. The minimum Gasteiger partial charge on any atom is -0.432 e. The van der Waals surface area contributed by atoms with Crippen molar-refractivity contribution in [3.05, 3.63) is 57.2 Å². The van der Waals surface area contributed by atoms with Gasteiger partial charge in [0.2, 0.25) is 5.91 Å². The van der Waals surface area contributed by atoms with E-state index in [1.807, 2.05) is 19.9 Å². The molecule has 0 aromatic heterocycles. The van der Waals surface area contributed by atoms with Crippen LogP contribution in [0, 0.1) is 16.0 Å². The Bertz CT molecular complexity index is 1290. The van der Waals surface area contributed by atoms with Gasteiger partial charge in [-0.05, 0) is 65.6 Å². The van der Waals surface area contributed by atoms with Crippen LogP contribution in [0.2, 0.25) is 18.6 Å². The highest BCUT2D eigenvalue weighted by molar-refractivity contribution is 6.71. The number of fused-ring (bicyclic) bond motifs is 2. The fourth-order valence-corrected chi connectivity index (χ4v) is 9.70. The van der Waals surface area contributed by atoms with Crippen molar-refractivity contribution in [1.29, 1.82) is 0 Å². The maximum absolute atomic E-state index is 14.5. The predicted octanol–water partition coefficient (Wildman–Crippen LogP) is 4.81. The molecule has 3 aliphatic heterocycles. The minimum atomic E-state index is -3.01. The normalized spacial score (nSPS) is 27.6. The number of non-ortho nitro benzene ring substituents is 1. The Morgan fingerprint density at radius 1 is 1.26 bits per heavy atom. The lowest BCUT2D eigenvalue weighted by molar-refractivity contribution is -0.385. The second-order valence-corrected chi connectivity index (χ2v) is 16.8. The standard InChI is InChI=1S/C31H45N3O7Si/c1-20(2)9-7-10-21(3)14-16-33-26-13-12-23(34(38)39)17-25(26)31(30(33)37)22(4)29(42(5,6)40)27(41-31)18-28(36)32-15-8-11-24(32)19-35/h9,12-14,17,22,24,27,29,35,40H,7-8,10-11,15-16,18-19H2,1-6H3/b21-14+/t22-,24+,27+,29-,31+/m1/s1. The van der Waals surface area contributed by atoms with Gasteiger partial charge in [0.1, 0.15) is 0 Å². The largest absolute Gasteiger partial charge is 0.432 e. The molecule has 2 saturated heterocycles. The third kappa shape index (κ3) is 5.97. The number of ether oxygens (including phenoxy) is 1. The van der Waals surface area contributed by atoms with Gasteiger partial charge in [0, 0.05) is 42.2 Å². The molecule has 0 aliphatic carbocycles. The fourth-order valence-electron chi connectivity index (χ4n) is 7.14. The van der Waals surface area contributed by atoms with Crippen molar-refractivity contribution < 1.29 is 29.2 Å². The van der Waals surface area contributed by atoms with E-state index in [-0.39, 0.29) is 43.1 Å². The van der Waals surface area contributed by atoms with E-state index >= 15 is 0 Å². The molecular formula is C31H45N3O7Si. The van der Waals surface area contributed by atoms with Crippen LogP contribution in [0.15, 0.2) is 41.5 Å². The van der Waals surface area contributed by atoms with E-state index in [2.05, 4.69) is 19.9 Å². The molecule has 4 rings (SSSR count). The molecule has 3 aliphatic rings. The van der Waals surface area contributed by atoms with Crippen LogP contribution in [0.1, 0.15) is 65.4 Å². The number of nitrogens with zero attached hydrogens (tertiary/aromatic N) is 3. The van der Waals surface area contributed by atoms with E-state index in [4.69, 9.17) is 4.74 Å². The van der Waals surface area contributed by atoms with Crippen LogP contribution >= 0.6 is 0 Å². The zero-order chi connectivity index (χ0) is 31.0. The van der Waals surface area contributed by atoms with E-state index in [9.17, 15) is 29.6 Å². The number of hydrogen-bond acceptors (Lipinski definition) is 7. The number of aliphatic hydroxyl groups excluding tert-OH is 1. The van der Waals surface area contributed by atoms with Crippen molar-refractivity contribution in [1.82, 2.24) is 4.90 Å². The average Bonchev–Trinajstić information content (AvgIpc) is 3.56. The molecule has 1 aromatic rings. The van der Waals surface area contributed by atoms with Crippen LogP contribution in [0.5, 0.6) is 0 Å². The van der Waals surface area contributed by atoms with Crippen LogP contribution in [-0.2, 0) is 19.9 Å². The number of carbonyl (C=O) groups is 2. The molecule has 5 atom stereocenters. The number of anilines is 1.